The third-order valence-electron chi connectivity index (χ3n) is 3.35. The molecule has 112 valence electrons. The first-order chi connectivity index (χ1) is 10.7. The van der Waals surface area contributed by atoms with Crippen LogP contribution in [0.15, 0.2) is 36.7 Å². The maximum absolute atomic E-state index is 12.2. The third-order valence-corrected chi connectivity index (χ3v) is 3.35. The number of aromatic nitrogens is 2. The van der Waals surface area contributed by atoms with Gasteiger partial charge in [-0.15, -0.1) is 0 Å². The largest absolute Gasteiger partial charge is 0.486 e. The Morgan fingerprint density at radius 3 is 2.36 bits per heavy atom. The van der Waals surface area contributed by atoms with E-state index in [-0.39, 0.29) is 24.4 Å². The second-order valence-corrected chi connectivity index (χ2v) is 4.84. The highest BCUT2D eigenvalue weighted by Crippen LogP contribution is 2.31. The van der Waals surface area contributed by atoms with Crippen LogP contribution in [-0.2, 0) is 0 Å². The van der Waals surface area contributed by atoms with Crippen molar-refractivity contribution in [3.05, 3.63) is 47.8 Å². The van der Waals surface area contributed by atoms with Crippen molar-refractivity contribution in [2.24, 2.45) is 0 Å². The molecule has 0 saturated heterocycles. The van der Waals surface area contributed by atoms with Gasteiger partial charge in [0.1, 0.15) is 13.2 Å². The van der Waals surface area contributed by atoms with Gasteiger partial charge in [0, 0.05) is 24.0 Å². The van der Waals surface area contributed by atoms with Crippen LogP contribution in [0.5, 0.6) is 11.5 Å². The van der Waals surface area contributed by atoms with E-state index in [1.807, 2.05) is 0 Å². The second kappa shape index (κ2) is 6.34. The molecule has 1 aromatic heterocycles. The molecule has 0 saturated carbocycles. The van der Waals surface area contributed by atoms with Gasteiger partial charge in [0.05, 0.1) is 12.4 Å². The molecule has 0 spiro atoms. The van der Waals surface area contributed by atoms with Gasteiger partial charge in [-0.3, -0.25) is 9.59 Å². The van der Waals surface area contributed by atoms with Crippen LogP contribution in [0.1, 0.15) is 33.6 Å². The molecule has 1 aromatic carbocycles. The lowest BCUT2D eigenvalue weighted by Crippen LogP contribution is -2.16. The summed E-state index contributed by atoms with van der Waals surface area (Å²) in [5.41, 5.74) is 0.981. The Hall–Kier alpha value is -2.76. The smallest absolute Gasteiger partial charge is 0.164 e. The summed E-state index contributed by atoms with van der Waals surface area (Å²) in [6.45, 7) is 0.979. The van der Waals surface area contributed by atoms with Crippen molar-refractivity contribution in [2.45, 2.75) is 12.8 Å². The molecule has 0 amide bonds. The number of ether oxygens (including phenoxy) is 2. The fourth-order valence-corrected chi connectivity index (χ4v) is 2.19. The zero-order valence-electron chi connectivity index (χ0n) is 11.8. The van der Waals surface area contributed by atoms with Crippen LogP contribution in [0.2, 0.25) is 0 Å². The minimum absolute atomic E-state index is 0.104. The van der Waals surface area contributed by atoms with Crippen molar-refractivity contribution >= 4 is 11.6 Å². The summed E-state index contributed by atoms with van der Waals surface area (Å²) in [6.07, 6.45) is 3.13. The highest BCUT2D eigenvalue weighted by molar-refractivity contribution is 6.02. The third kappa shape index (κ3) is 3.11. The van der Waals surface area contributed by atoms with E-state index in [2.05, 4.69) is 10.2 Å². The Bertz CT molecular complexity index is 701. The maximum atomic E-state index is 12.2. The molecule has 2 aromatic rings. The van der Waals surface area contributed by atoms with Crippen molar-refractivity contribution in [3.8, 4) is 11.5 Å². The van der Waals surface area contributed by atoms with Gasteiger partial charge in [0.25, 0.3) is 0 Å². The van der Waals surface area contributed by atoms with Crippen molar-refractivity contribution in [2.75, 3.05) is 13.2 Å². The predicted molar refractivity (Wildman–Crippen MR) is 77.4 cm³/mol. The highest BCUT2D eigenvalue weighted by atomic mass is 16.6. The van der Waals surface area contributed by atoms with E-state index in [4.69, 9.17) is 9.47 Å². The van der Waals surface area contributed by atoms with Gasteiger partial charge in [0.15, 0.2) is 23.1 Å². The van der Waals surface area contributed by atoms with E-state index >= 15 is 0 Å². The lowest BCUT2D eigenvalue weighted by molar-refractivity contribution is 0.0916. The minimum Gasteiger partial charge on any atom is -0.486 e. The Morgan fingerprint density at radius 1 is 0.909 bits per heavy atom. The van der Waals surface area contributed by atoms with Gasteiger partial charge >= 0.3 is 0 Å². The molecular formula is C16H14N2O4. The maximum Gasteiger partial charge on any atom is 0.164 e. The molecule has 1 aliphatic rings. The fourth-order valence-electron chi connectivity index (χ4n) is 2.19. The van der Waals surface area contributed by atoms with Crippen molar-refractivity contribution in [1.82, 2.24) is 10.2 Å². The number of hydrogen-bond acceptors (Lipinski definition) is 6. The first-order valence-electron chi connectivity index (χ1n) is 6.97. The van der Waals surface area contributed by atoms with E-state index in [9.17, 15) is 9.59 Å². The number of ketones is 2. The summed E-state index contributed by atoms with van der Waals surface area (Å²) in [6, 6.07) is 6.66. The number of hydrogen-bond donors (Lipinski definition) is 0. The summed E-state index contributed by atoms with van der Waals surface area (Å²) in [4.78, 5) is 24.1. The van der Waals surface area contributed by atoms with E-state index in [0.29, 0.717) is 35.8 Å². The molecule has 6 heteroatoms. The monoisotopic (exact) mass is 298 g/mol. The van der Waals surface area contributed by atoms with Crippen molar-refractivity contribution in [3.63, 3.8) is 0 Å². The lowest BCUT2D eigenvalue weighted by atomic mass is 10.0. The van der Waals surface area contributed by atoms with E-state index in [1.54, 1.807) is 24.3 Å². The molecule has 0 radical (unpaired) electrons. The predicted octanol–water partition coefficient (Wildman–Crippen LogP) is 2.09. The standard InChI is InChI=1S/C16H14N2O4/c19-13(2-3-14(20)12-5-6-17-18-10-12)11-1-4-15-16(9-11)22-8-7-21-15/h1,4-6,9-10H,2-3,7-8H2. The molecular weight excluding hydrogens is 284 g/mol. The molecule has 0 bridgehead atoms. The van der Waals surface area contributed by atoms with E-state index in [1.165, 1.54) is 12.4 Å². The van der Waals surface area contributed by atoms with Gasteiger partial charge < -0.3 is 9.47 Å². The molecule has 0 unspecified atom stereocenters. The minimum atomic E-state index is -0.124. The van der Waals surface area contributed by atoms with Crippen LogP contribution in [0.3, 0.4) is 0 Å². The number of Topliss-reactive ketones (excluding diaryl/α,β-unsaturated/α-hetero) is 2. The number of nitrogens with zero attached hydrogens (tertiary/aromatic N) is 2. The number of carbonyl (C=O) groups excluding carboxylic acids is 2. The molecule has 3 rings (SSSR count). The summed E-state index contributed by atoms with van der Waals surface area (Å²) >= 11 is 0. The number of benzene rings is 1. The summed E-state index contributed by atoms with van der Waals surface area (Å²) < 4.78 is 10.9. The number of carbonyl (C=O) groups is 2. The zero-order chi connectivity index (χ0) is 15.4. The molecule has 0 aliphatic carbocycles. The fraction of sp³-hybridized carbons (Fsp3) is 0.250. The van der Waals surface area contributed by atoms with Crippen LogP contribution in [0.25, 0.3) is 0 Å². The topological polar surface area (TPSA) is 78.4 Å². The number of rotatable bonds is 5. The Kier molecular flexibility index (Phi) is 4.09. The quantitative estimate of drug-likeness (QED) is 0.786. The van der Waals surface area contributed by atoms with Gasteiger partial charge in [-0.1, -0.05) is 0 Å². The number of fused-ring (bicyclic) bond motifs is 1. The van der Waals surface area contributed by atoms with Gasteiger partial charge in [-0.25, -0.2) is 0 Å². The molecule has 1 aliphatic heterocycles. The summed E-state index contributed by atoms with van der Waals surface area (Å²) in [7, 11) is 0. The van der Waals surface area contributed by atoms with Crippen LogP contribution < -0.4 is 9.47 Å². The highest BCUT2D eigenvalue weighted by Gasteiger charge is 2.16. The molecule has 0 fully saturated rings. The van der Waals surface area contributed by atoms with Crippen molar-refractivity contribution < 1.29 is 19.1 Å². The van der Waals surface area contributed by atoms with Crippen LogP contribution in [0, 0.1) is 0 Å². The van der Waals surface area contributed by atoms with Gasteiger partial charge in [-0.05, 0) is 24.3 Å². The first-order valence-corrected chi connectivity index (χ1v) is 6.97. The molecule has 2 heterocycles. The van der Waals surface area contributed by atoms with Crippen LogP contribution in [-0.4, -0.2) is 35.0 Å². The Balaban J connectivity index is 1.64. The normalized spacial score (nSPS) is 12.7. The average molecular weight is 298 g/mol. The van der Waals surface area contributed by atoms with E-state index in [0.717, 1.165) is 0 Å². The zero-order valence-corrected chi connectivity index (χ0v) is 11.8. The van der Waals surface area contributed by atoms with E-state index < -0.39 is 0 Å². The van der Waals surface area contributed by atoms with Crippen molar-refractivity contribution in [1.29, 1.82) is 0 Å². The van der Waals surface area contributed by atoms with Gasteiger partial charge in [-0.2, -0.15) is 10.2 Å². The average Bonchev–Trinajstić information content (AvgIpc) is 2.59. The SMILES string of the molecule is O=C(CCC(=O)c1ccc2c(c1)OCCO2)c1ccnnc1. The molecule has 0 N–H and O–H groups in total. The first kappa shape index (κ1) is 14.2. The second-order valence-electron chi connectivity index (χ2n) is 4.84. The summed E-state index contributed by atoms with van der Waals surface area (Å²) in [5.74, 6) is 0.983. The Labute approximate surface area is 127 Å². The molecule has 0 atom stereocenters. The van der Waals surface area contributed by atoms with Crippen LogP contribution >= 0.6 is 0 Å². The molecule has 22 heavy (non-hydrogen) atoms. The summed E-state index contributed by atoms with van der Waals surface area (Å²) in [5, 5.41) is 7.27. The van der Waals surface area contributed by atoms with Gasteiger partial charge in [0.2, 0.25) is 0 Å². The van der Waals surface area contributed by atoms with Crippen LogP contribution in [0.4, 0.5) is 0 Å². The lowest BCUT2D eigenvalue weighted by Gasteiger charge is -2.18. The Morgan fingerprint density at radius 2 is 1.64 bits per heavy atom. The molecule has 6 nitrogen and oxygen atoms in total.